The number of hydrogen-bond acceptors (Lipinski definition) is 7. The molecule has 0 aliphatic heterocycles. The number of rotatable bonds is 11. The molecule has 10 heteroatoms. The van der Waals surface area contributed by atoms with Crippen LogP contribution in [0.5, 0.6) is 23.0 Å². The van der Waals surface area contributed by atoms with Gasteiger partial charge in [-0.25, -0.2) is 4.39 Å². The maximum absolute atomic E-state index is 13.3. The number of aromatic nitrogens is 1. The van der Waals surface area contributed by atoms with Crippen molar-refractivity contribution in [3.63, 3.8) is 0 Å². The zero-order chi connectivity index (χ0) is 31.1. The largest absolute Gasteiger partial charge is 0.493 e. The highest BCUT2D eigenvalue weighted by atomic mass is 19.1. The van der Waals surface area contributed by atoms with Gasteiger partial charge in [0.25, 0.3) is 11.8 Å². The summed E-state index contributed by atoms with van der Waals surface area (Å²) in [5.41, 5.74) is 2.22. The van der Waals surface area contributed by atoms with Gasteiger partial charge in [-0.1, -0.05) is 13.8 Å². The molecule has 4 aromatic rings. The summed E-state index contributed by atoms with van der Waals surface area (Å²) < 4.78 is 30.6. The Morgan fingerprint density at radius 3 is 2.05 bits per heavy atom. The van der Waals surface area contributed by atoms with Crippen LogP contribution in [-0.4, -0.2) is 37.1 Å². The van der Waals surface area contributed by atoms with Crippen LogP contribution in [0.15, 0.2) is 78.6 Å². The average molecular weight is 587 g/mol. The Hall–Kier alpha value is -5.12. The molecule has 9 nitrogen and oxygen atoms in total. The molecule has 0 saturated carbocycles. The number of halogens is 1. The minimum atomic E-state index is -0.641. The molecular weight excluding hydrogens is 551 g/mol. The van der Waals surface area contributed by atoms with Gasteiger partial charge >= 0.3 is 0 Å². The van der Waals surface area contributed by atoms with Crippen LogP contribution in [0.25, 0.3) is 10.9 Å². The number of carbonyl (C=O) groups excluding carboxylic acids is 2. The number of ether oxygens (including phenoxy) is 3. The Morgan fingerprint density at radius 2 is 1.42 bits per heavy atom. The number of fused-ring (bicyclic) bond motifs is 1. The lowest BCUT2D eigenvalue weighted by Gasteiger charge is -2.18. The first-order valence-electron chi connectivity index (χ1n) is 13.8. The van der Waals surface area contributed by atoms with Gasteiger partial charge in [-0.15, -0.1) is 0 Å². The van der Waals surface area contributed by atoms with Crippen LogP contribution in [0.1, 0.15) is 39.2 Å². The van der Waals surface area contributed by atoms with Gasteiger partial charge in [-0.05, 0) is 79.9 Å². The predicted molar refractivity (Wildman–Crippen MR) is 165 cm³/mol. The van der Waals surface area contributed by atoms with E-state index in [1.165, 1.54) is 30.5 Å². The lowest BCUT2D eigenvalue weighted by molar-refractivity contribution is -0.118. The molecule has 1 heterocycles. The van der Waals surface area contributed by atoms with E-state index < -0.39 is 17.6 Å². The molecule has 0 saturated heterocycles. The highest BCUT2D eigenvalue weighted by Gasteiger charge is 2.21. The van der Waals surface area contributed by atoms with Gasteiger partial charge in [0.1, 0.15) is 22.9 Å². The minimum Gasteiger partial charge on any atom is -0.493 e. The van der Waals surface area contributed by atoms with Gasteiger partial charge in [0.05, 0.1) is 19.7 Å². The third kappa shape index (κ3) is 7.59. The van der Waals surface area contributed by atoms with Gasteiger partial charge in [0.15, 0.2) is 11.5 Å². The lowest BCUT2D eigenvalue weighted by atomic mass is 10.0. The first-order valence-corrected chi connectivity index (χ1v) is 13.8. The van der Waals surface area contributed by atoms with E-state index in [9.17, 15) is 14.0 Å². The van der Waals surface area contributed by atoms with E-state index in [2.05, 4.69) is 20.9 Å². The number of methoxy groups -OCH3 is 2. The molecule has 0 spiro atoms. The highest BCUT2D eigenvalue weighted by Crippen LogP contribution is 2.39. The summed E-state index contributed by atoms with van der Waals surface area (Å²) in [7, 11) is 3.13. The lowest BCUT2D eigenvalue weighted by Crippen LogP contribution is -2.28. The fraction of sp³-hybridized carbons (Fsp3) is 0.242. The van der Waals surface area contributed by atoms with Gasteiger partial charge in [-0.2, -0.15) is 0 Å². The molecule has 0 atom stereocenters. The van der Waals surface area contributed by atoms with E-state index in [1.807, 2.05) is 39.8 Å². The maximum atomic E-state index is 13.3. The molecule has 2 amide bonds. The fourth-order valence-corrected chi connectivity index (χ4v) is 4.24. The Balaban J connectivity index is 1.60. The normalized spacial score (nSPS) is 11.4. The Labute approximate surface area is 250 Å². The van der Waals surface area contributed by atoms with E-state index in [4.69, 9.17) is 14.2 Å². The summed E-state index contributed by atoms with van der Waals surface area (Å²) in [6.07, 6.45) is 3.03. The van der Waals surface area contributed by atoms with Crippen LogP contribution in [-0.2, 0) is 9.59 Å². The van der Waals surface area contributed by atoms with Gasteiger partial charge in [0, 0.05) is 41.3 Å². The second-order valence-corrected chi connectivity index (χ2v) is 10.3. The zero-order valence-corrected chi connectivity index (χ0v) is 24.9. The number of anilines is 2. The van der Waals surface area contributed by atoms with E-state index in [-0.39, 0.29) is 17.5 Å². The van der Waals surface area contributed by atoms with E-state index in [0.29, 0.717) is 39.9 Å². The molecule has 0 fully saturated rings. The van der Waals surface area contributed by atoms with Crippen molar-refractivity contribution in [1.82, 2.24) is 10.3 Å². The van der Waals surface area contributed by atoms with Crippen LogP contribution >= 0.6 is 0 Å². The summed E-state index contributed by atoms with van der Waals surface area (Å²) in [6, 6.07) is 15.9. The zero-order valence-electron chi connectivity index (χ0n) is 24.9. The molecule has 224 valence electrons. The van der Waals surface area contributed by atoms with Crippen LogP contribution in [0.2, 0.25) is 0 Å². The number of nitrogens with zero attached hydrogens (tertiary/aromatic N) is 1. The molecule has 0 aliphatic carbocycles. The van der Waals surface area contributed by atoms with E-state index >= 15 is 0 Å². The number of amides is 2. The summed E-state index contributed by atoms with van der Waals surface area (Å²) >= 11 is 0. The Kier molecular flexibility index (Phi) is 9.82. The van der Waals surface area contributed by atoms with Crippen molar-refractivity contribution in [3.8, 4) is 23.0 Å². The van der Waals surface area contributed by atoms with Crippen LogP contribution in [0.4, 0.5) is 15.8 Å². The quantitative estimate of drug-likeness (QED) is 0.101. The Bertz CT molecular complexity index is 1650. The molecule has 1 aromatic heterocycles. The monoisotopic (exact) mass is 586 g/mol. The molecular formula is C33H35FN4O5. The molecule has 0 aliphatic rings. The minimum absolute atomic E-state index is 0.0179. The van der Waals surface area contributed by atoms with Crippen LogP contribution in [0, 0.1) is 5.82 Å². The van der Waals surface area contributed by atoms with Crippen molar-refractivity contribution >= 4 is 34.1 Å². The number of nitrogens with one attached hydrogen (secondary N) is 3. The average Bonchev–Trinajstić information content (AvgIpc) is 2.98. The molecule has 0 radical (unpaired) electrons. The van der Waals surface area contributed by atoms with Crippen LogP contribution < -0.4 is 30.2 Å². The molecule has 43 heavy (non-hydrogen) atoms. The first kappa shape index (κ1) is 30.8. The maximum Gasteiger partial charge on any atom is 0.262 e. The van der Waals surface area contributed by atoms with Gasteiger partial charge in [0.2, 0.25) is 0 Å². The summed E-state index contributed by atoms with van der Waals surface area (Å²) in [6.45, 7) is 7.80. The molecule has 3 aromatic carbocycles. The molecule has 3 N–H and O–H groups in total. The second kappa shape index (κ2) is 13.7. The highest BCUT2D eigenvalue weighted by molar-refractivity contribution is 6.26. The first-order chi connectivity index (χ1) is 20.6. The molecule has 4 rings (SSSR count). The van der Waals surface area contributed by atoms with E-state index in [0.717, 1.165) is 10.9 Å². The topological polar surface area (TPSA) is 111 Å². The predicted octanol–water partition coefficient (Wildman–Crippen LogP) is 6.77. The smallest absolute Gasteiger partial charge is 0.262 e. The van der Waals surface area contributed by atoms with E-state index in [1.54, 1.807) is 44.7 Å². The Morgan fingerprint density at radius 1 is 0.791 bits per heavy atom. The second-order valence-electron chi connectivity index (χ2n) is 10.3. The SMILES string of the molecule is COc1cc2nccc(Oc3ccc(NC(=O)/C(=C/NC(C)C)C(=O)Nc4ccc(F)cc4)cc3C(C)C)c2cc1OC. The molecule has 0 unspecified atom stereocenters. The summed E-state index contributed by atoms with van der Waals surface area (Å²) in [4.78, 5) is 30.8. The van der Waals surface area contributed by atoms with Gasteiger partial charge in [-0.3, -0.25) is 14.6 Å². The standard InChI is InChI=1S/C33H35FN4O5/c1-19(2)24-15-23(38-33(40)26(18-36-20(3)4)32(39)37-22-9-7-21(34)8-10-22)11-12-28(24)43-29-13-14-35-27-17-31(42-6)30(41-5)16-25(27)29/h7-20,36H,1-6H3,(H,37,39)(H,38,40)/b26-18+. The number of carbonyl (C=O) groups is 2. The summed E-state index contributed by atoms with van der Waals surface area (Å²) in [5, 5.41) is 9.20. The van der Waals surface area contributed by atoms with Crippen molar-refractivity contribution in [2.45, 2.75) is 39.7 Å². The van der Waals surface area contributed by atoms with Crippen molar-refractivity contribution in [1.29, 1.82) is 0 Å². The number of hydrogen-bond donors (Lipinski definition) is 3. The molecule has 0 bridgehead atoms. The number of pyridine rings is 1. The van der Waals surface area contributed by atoms with Crippen molar-refractivity contribution in [2.24, 2.45) is 0 Å². The number of benzene rings is 3. The van der Waals surface area contributed by atoms with Crippen molar-refractivity contribution in [2.75, 3.05) is 24.9 Å². The third-order valence-electron chi connectivity index (χ3n) is 6.47. The fourth-order valence-electron chi connectivity index (χ4n) is 4.24. The third-order valence-corrected chi connectivity index (χ3v) is 6.47. The van der Waals surface area contributed by atoms with Crippen LogP contribution in [0.3, 0.4) is 0 Å². The van der Waals surface area contributed by atoms with Crippen molar-refractivity contribution in [3.05, 3.63) is 90.0 Å². The summed E-state index contributed by atoms with van der Waals surface area (Å²) in [5.74, 6) is 0.636. The van der Waals surface area contributed by atoms with Crippen molar-refractivity contribution < 1.29 is 28.2 Å². The van der Waals surface area contributed by atoms with Gasteiger partial charge < -0.3 is 30.2 Å².